The smallest absolute Gasteiger partial charge is 0.0992 e. The number of nitrogens with zero attached hydrogens (tertiary/aromatic N) is 2. The van der Waals surface area contributed by atoms with Crippen molar-refractivity contribution < 1.29 is 9.47 Å². The Hall–Kier alpha value is -1.83. The number of hydrogen-bond donors (Lipinski definition) is 0. The molecule has 0 spiro atoms. The fraction of sp³-hybridized carbons (Fsp3) is 0.400. The van der Waals surface area contributed by atoms with Gasteiger partial charge in [-0.15, -0.1) is 0 Å². The summed E-state index contributed by atoms with van der Waals surface area (Å²) in [5.41, 5.74) is 1.81. The molecule has 0 aliphatic carbocycles. The van der Waals surface area contributed by atoms with E-state index in [0.29, 0.717) is 18.8 Å². The fourth-order valence-electron chi connectivity index (χ4n) is 2.03. The van der Waals surface area contributed by atoms with Crippen LogP contribution in [0.3, 0.4) is 0 Å². The highest BCUT2D eigenvalue weighted by molar-refractivity contribution is 5.81. The van der Waals surface area contributed by atoms with Gasteiger partial charge in [-0.3, -0.25) is 0 Å². The van der Waals surface area contributed by atoms with Gasteiger partial charge in [-0.2, -0.15) is 5.26 Å². The van der Waals surface area contributed by atoms with Crippen LogP contribution in [-0.2, 0) is 16.0 Å². The normalized spacial score (nSPS) is 10.7. The topological polar surface area (TPSA) is 47.2 Å². The molecule has 4 heteroatoms. The predicted octanol–water partition coefficient (Wildman–Crippen LogP) is 2.57. The van der Waals surface area contributed by atoms with Crippen LogP contribution in [-0.4, -0.2) is 31.5 Å². The Balaban J connectivity index is 1.92. The number of nitriles is 1. The quantitative estimate of drug-likeness (QED) is 0.717. The lowest BCUT2D eigenvalue weighted by atomic mass is 10.2. The summed E-state index contributed by atoms with van der Waals surface area (Å²) in [6, 6.07) is 10.0. The minimum atomic E-state index is 0.637. The van der Waals surface area contributed by atoms with E-state index >= 15 is 0 Å². The standard InChI is InChI=1S/C15H18N2O2/c1-18-9-10-19-8-2-6-17-7-5-14-4-3-13(12-16)11-15(14)17/h3-5,7,11H,2,6,8-10H2,1H3. The average Bonchev–Trinajstić information content (AvgIpc) is 2.85. The highest BCUT2D eigenvalue weighted by Crippen LogP contribution is 2.17. The number of hydrogen-bond acceptors (Lipinski definition) is 3. The summed E-state index contributed by atoms with van der Waals surface area (Å²) < 4.78 is 12.5. The zero-order chi connectivity index (χ0) is 13.5. The molecule has 0 aliphatic heterocycles. The second-order valence-corrected chi connectivity index (χ2v) is 4.35. The maximum Gasteiger partial charge on any atom is 0.0992 e. The van der Waals surface area contributed by atoms with Crippen molar-refractivity contribution in [2.75, 3.05) is 26.9 Å². The van der Waals surface area contributed by atoms with Crippen LogP contribution < -0.4 is 0 Å². The van der Waals surface area contributed by atoms with Gasteiger partial charge in [-0.25, -0.2) is 0 Å². The molecule has 0 bridgehead atoms. The molecule has 2 rings (SSSR count). The predicted molar refractivity (Wildman–Crippen MR) is 74.0 cm³/mol. The first-order valence-electron chi connectivity index (χ1n) is 6.41. The molecule has 0 unspecified atom stereocenters. The third-order valence-electron chi connectivity index (χ3n) is 3.02. The molecule has 0 aliphatic rings. The molecule has 0 saturated heterocycles. The summed E-state index contributed by atoms with van der Waals surface area (Å²) in [4.78, 5) is 0. The van der Waals surface area contributed by atoms with Crippen molar-refractivity contribution >= 4 is 10.9 Å². The Bertz CT molecular complexity index is 569. The molecule has 0 atom stereocenters. The van der Waals surface area contributed by atoms with Gasteiger partial charge in [0.25, 0.3) is 0 Å². The van der Waals surface area contributed by atoms with E-state index < -0.39 is 0 Å². The number of ether oxygens (including phenoxy) is 2. The Morgan fingerprint density at radius 3 is 2.89 bits per heavy atom. The van der Waals surface area contributed by atoms with Gasteiger partial charge < -0.3 is 14.0 Å². The van der Waals surface area contributed by atoms with Crippen LogP contribution in [0.4, 0.5) is 0 Å². The molecule has 1 heterocycles. The van der Waals surface area contributed by atoms with Gasteiger partial charge in [-0.05, 0) is 30.0 Å². The van der Waals surface area contributed by atoms with E-state index in [0.717, 1.165) is 25.1 Å². The first-order valence-corrected chi connectivity index (χ1v) is 6.41. The van der Waals surface area contributed by atoms with E-state index in [1.54, 1.807) is 7.11 Å². The molecule has 0 saturated carbocycles. The summed E-state index contributed by atoms with van der Waals surface area (Å²) >= 11 is 0. The molecule has 19 heavy (non-hydrogen) atoms. The van der Waals surface area contributed by atoms with E-state index in [1.165, 1.54) is 5.39 Å². The van der Waals surface area contributed by atoms with Crippen molar-refractivity contribution in [2.45, 2.75) is 13.0 Å². The molecule has 1 aromatic heterocycles. The molecule has 4 nitrogen and oxygen atoms in total. The van der Waals surface area contributed by atoms with Gasteiger partial charge in [0, 0.05) is 32.0 Å². The lowest BCUT2D eigenvalue weighted by Gasteiger charge is -2.06. The number of rotatable bonds is 7. The molecule has 2 aromatic rings. The van der Waals surface area contributed by atoms with Crippen LogP contribution in [0.15, 0.2) is 30.5 Å². The lowest BCUT2D eigenvalue weighted by Crippen LogP contribution is -2.05. The monoisotopic (exact) mass is 258 g/mol. The molecule has 1 aromatic carbocycles. The van der Waals surface area contributed by atoms with Gasteiger partial charge in [0.15, 0.2) is 0 Å². The SMILES string of the molecule is COCCOCCCn1ccc2ccc(C#N)cc21. The summed E-state index contributed by atoms with van der Waals surface area (Å²) in [6.45, 7) is 2.89. The highest BCUT2D eigenvalue weighted by atomic mass is 16.5. The van der Waals surface area contributed by atoms with E-state index in [2.05, 4.69) is 22.9 Å². The Morgan fingerprint density at radius 2 is 2.11 bits per heavy atom. The van der Waals surface area contributed by atoms with E-state index in [4.69, 9.17) is 14.7 Å². The van der Waals surface area contributed by atoms with Crippen molar-refractivity contribution in [3.05, 3.63) is 36.0 Å². The third-order valence-corrected chi connectivity index (χ3v) is 3.02. The van der Waals surface area contributed by atoms with Crippen LogP contribution in [0, 0.1) is 11.3 Å². The van der Waals surface area contributed by atoms with Gasteiger partial charge in [0.1, 0.15) is 0 Å². The lowest BCUT2D eigenvalue weighted by molar-refractivity contribution is 0.0681. The number of aromatic nitrogens is 1. The van der Waals surface area contributed by atoms with Crippen LogP contribution in [0.25, 0.3) is 10.9 Å². The van der Waals surface area contributed by atoms with Crippen molar-refractivity contribution in [3.8, 4) is 6.07 Å². The maximum atomic E-state index is 8.93. The van der Waals surface area contributed by atoms with E-state index in [1.807, 2.05) is 18.2 Å². The van der Waals surface area contributed by atoms with Gasteiger partial charge in [0.2, 0.25) is 0 Å². The minimum absolute atomic E-state index is 0.637. The number of aryl methyl sites for hydroxylation is 1. The molecule has 0 fully saturated rings. The van der Waals surface area contributed by atoms with Crippen molar-refractivity contribution in [2.24, 2.45) is 0 Å². The maximum absolute atomic E-state index is 8.93. The van der Waals surface area contributed by atoms with Crippen molar-refractivity contribution in [1.29, 1.82) is 5.26 Å². The summed E-state index contributed by atoms with van der Waals surface area (Å²) in [5.74, 6) is 0. The largest absolute Gasteiger partial charge is 0.382 e. The molecule has 100 valence electrons. The molecule has 0 amide bonds. The highest BCUT2D eigenvalue weighted by Gasteiger charge is 2.02. The Morgan fingerprint density at radius 1 is 1.21 bits per heavy atom. The van der Waals surface area contributed by atoms with Crippen LogP contribution in [0.1, 0.15) is 12.0 Å². The second-order valence-electron chi connectivity index (χ2n) is 4.35. The van der Waals surface area contributed by atoms with E-state index in [9.17, 15) is 0 Å². The first-order chi connectivity index (χ1) is 9.35. The number of methoxy groups -OCH3 is 1. The van der Waals surface area contributed by atoms with Gasteiger partial charge in [-0.1, -0.05) is 6.07 Å². The van der Waals surface area contributed by atoms with Crippen LogP contribution in [0.5, 0.6) is 0 Å². The second kappa shape index (κ2) is 6.93. The Labute approximate surface area is 113 Å². The molecular formula is C15H18N2O2. The van der Waals surface area contributed by atoms with E-state index in [-0.39, 0.29) is 0 Å². The average molecular weight is 258 g/mol. The zero-order valence-electron chi connectivity index (χ0n) is 11.1. The number of fused-ring (bicyclic) bond motifs is 1. The van der Waals surface area contributed by atoms with Crippen molar-refractivity contribution in [3.63, 3.8) is 0 Å². The zero-order valence-corrected chi connectivity index (χ0v) is 11.1. The van der Waals surface area contributed by atoms with Gasteiger partial charge in [0.05, 0.1) is 24.8 Å². The van der Waals surface area contributed by atoms with Crippen LogP contribution in [0.2, 0.25) is 0 Å². The summed E-state index contributed by atoms with van der Waals surface area (Å²) in [7, 11) is 1.67. The first kappa shape index (κ1) is 13.6. The number of benzene rings is 1. The fourth-order valence-corrected chi connectivity index (χ4v) is 2.03. The summed E-state index contributed by atoms with van der Waals surface area (Å²) in [6.07, 6.45) is 3.01. The van der Waals surface area contributed by atoms with Gasteiger partial charge >= 0.3 is 0 Å². The van der Waals surface area contributed by atoms with Crippen molar-refractivity contribution in [1.82, 2.24) is 4.57 Å². The molecule has 0 radical (unpaired) electrons. The third kappa shape index (κ3) is 3.57. The molecule has 0 N–H and O–H groups in total. The minimum Gasteiger partial charge on any atom is -0.382 e. The Kier molecular flexibility index (Phi) is 4.96. The molecular weight excluding hydrogens is 240 g/mol. The summed E-state index contributed by atoms with van der Waals surface area (Å²) in [5, 5.41) is 10.1. The van der Waals surface area contributed by atoms with Crippen LogP contribution >= 0.6 is 0 Å².